The Kier molecular flexibility index (Phi) is 3.91. The zero-order valence-corrected chi connectivity index (χ0v) is 14.6. The van der Waals surface area contributed by atoms with Gasteiger partial charge in [0.2, 0.25) is 11.8 Å². The number of anilines is 2. The van der Waals surface area contributed by atoms with Crippen LogP contribution in [0.5, 0.6) is 0 Å². The van der Waals surface area contributed by atoms with E-state index in [0.29, 0.717) is 12.1 Å². The third kappa shape index (κ3) is 3.03. The van der Waals surface area contributed by atoms with Gasteiger partial charge >= 0.3 is 0 Å². The van der Waals surface area contributed by atoms with Crippen molar-refractivity contribution in [2.45, 2.75) is 32.6 Å². The van der Waals surface area contributed by atoms with E-state index in [4.69, 9.17) is 0 Å². The molecule has 4 rings (SSSR count). The lowest BCUT2D eigenvalue weighted by molar-refractivity contribution is -0.116. The van der Waals surface area contributed by atoms with E-state index >= 15 is 0 Å². The lowest BCUT2D eigenvalue weighted by atomic mass is 10.1. The van der Waals surface area contributed by atoms with Crippen LogP contribution >= 0.6 is 0 Å². The summed E-state index contributed by atoms with van der Waals surface area (Å²) in [5.41, 5.74) is 4.07. The van der Waals surface area contributed by atoms with Crippen LogP contribution in [0.4, 0.5) is 11.4 Å². The lowest BCUT2D eigenvalue weighted by Crippen LogP contribution is -2.15. The minimum absolute atomic E-state index is 0.00944. The number of nitrogens with zero attached hydrogens (tertiary/aromatic N) is 3. The van der Waals surface area contributed by atoms with Crippen molar-refractivity contribution in [1.82, 2.24) is 14.6 Å². The number of rotatable bonds is 4. The number of fused-ring (bicyclic) bond motifs is 2. The van der Waals surface area contributed by atoms with Gasteiger partial charge in [-0.25, -0.2) is 0 Å². The number of hydrogen-bond acceptors (Lipinski definition) is 4. The average Bonchev–Trinajstić information content (AvgIpc) is 3.16. The Morgan fingerprint density at radius 2 is 2.12 bits per heavy atom. The Bertz CT molecular complexity index is 1020. The molecule has 1 aromatic carbocycles. The average molecular weight is 349 g/mol. The first-order chi connectivity index (χ1) is 12.5. The highest BCUT2D eigenvalue weighted by atomic mass is 16.2. The maximum absolute atomic E-state index is 12.4. The highest BCUT2D eigenvalue weighted by Gasteiger charge is 2.18. The van der Waals surface area contributed by atoms with Crippen LogP contribution in [-0.4, -0.2) is 26.4 Å². The third-order valence-electron chi connectivity index (χ3n) is 4.39. The molecule has 0 saturated heterocycles. The molecule has 0 unspecified atom stereocenters. The van der Waals surface area contributed by atoms with E-state index in [1.807, 2.05) is 54.8 Å². The van der Waals surface area contributed by atoms with Crippen molar-refractivity contribution in [2.75, 3.05) is 10.6 Å². The molecule has 0 radical (unpaired) electrons. The van der Waals surface area contributed by atoms with Crippen molar-refractivity contribution in [3.05, 3.63) is 53.5 Å². The van der Waals surface area contributed by atoms with Gasteiger partial charge in [-0.1, -0.05) is 26.0 Å². The molecule has 2 aromatic heterocycles. The summed E-state index contributed by atoms with van der Waals surface area (Å²) >= 11 is 0. The molecule has 1 aliphatic heterocycles. The number of benzene rings is 1. The normalized spacial score (nSPS) is 13.1. The van der Waals surface area contributed by atoms with Crippen LogP contribution in [0.1, 0.15) is 36.7 Å². The number of carbonyl (C=O) groups excluding carboxylic acids is 2. The van der Waals surface area contributed by atoms with Gasteiger partial charge in [0.15, 0.2) is 5.65 Å². The number of nitrogens with one attached hydrogen (secondary N) is 2. The molecule has 3 heterocycles. The van der Waals surface area contributed by atoms with Crippen LogP contribution in [0.3, 0.4) is 0 Å². The molecule has 0 bridgehead atoms. The van der Waals surface area contributed by atoms with E-state index in [-0.39, 0.29) is 24.2 Å². The van der Waals surface area contributed by atoms with Gasteiger partial charge in [-0.2, -0.15) is 0 Å². The van der Waals surface area contributed by atoms with Crippen LogP contribution in [0.2, 0.25) is 0 Å². The second kappa shape index (κ2) is 6.25. The summed E-state index contributed by atoms with van der Waals surface area (Å²) in [7, 11) is 0. The van der Waals surface area contributed by atoms with E-state index in [0.717, 1.165) is 28.3 Å². The zero-order valence-electron chi connectivity index (χ0n) is 14.6. The summed E-state index contributed by atoms with van der Waals surface area (Å²) < 4.78 is 1.89. The second-order valence-corrected chi connectivity index (χ2v) is 6.80. The lowest BCUT2D eigenvalue weighted by Gasteiger charge is -2.08. The minimum Gasteiger partial charge on any atom is -0.326 e. The monoisotopic (exact) mass is 349 g/mol. The summed E-state index contributed by atoms with van der Waals surface area (Å²) in [5, 5.41) is 14.0. The summed E-state index contributed by atoms with van der Waals surface area (Å²) in [5.74, 6) is 0.959. The van der Waals surface area contributed by atoms with Crippen molar-refractivity contribution in [1.29, 1.82) is 0 Å². The fraction of sp³-hybridized carbons (Fsp3) is 0.263. The van der Waals surface area contributed by atoms with E-state index in [1.54, 1.807) is 0 Å². The highest BCUT2D eigenvalue weighted by molar-refractivity contribution is 5.99. The number of hydrogen-bond donors (Lipinski definition) is 2. The molecule has 7 heteroatoms. The Morgan fingerprint density at radius 3 is 2.92 bits per heavy atom. The second-order valence-electron chi connectivity index (χ2n) is 6.80. The molecule has 3 aromatic rings. The molecule has 0 fully saturated rings. The van der Waals surface area contributed by atoms with E-state index < -0.39 is 0 Å². The quantitative estimate of drug-likeness (QED) is 0.757. The molecule has 1 aliphatic rings. The molecular formula is C19H19N5O2. The van der Waals surface area contributed by atoms with Crippen LogP contribution in [0, 0.1) is 0 Å². The Morgan fingerprint density at radius 1 is 1.27 bits per heavy atom. The molecular weight excluding hydrogens is 330 g/mol. The van der Waals surface area contributed by atoms with Gasteiger partial charge in [-0.3, -0.25) is 14.0 Å². The highest BCUT2D eigenvalue weighted by Crippen LogP contribution is 2.24. The maximum Gasteiger partial charge on any atom is 0.228 e. The van der Waals surface area contributed by atoms with Crippen LogP contribution in [-0.2, 0) is 22.4 Å². The Labute approximate surface area is 150 Å². The topological polar surface area (TPSA) is 88.4 Å². The molecule has 7 nitrogen and oxygen atoms in total. The standard InChI is InChI=1S/C19H19N5O2/c1-11(2)19-23-22-16-6-5-14(10-24(16)19)20-17(25)8-12-3-4-13-9-18(26)21-15(13)7-12/h3-7,10-11H,8-9H2,1-2H3,(H,20,25)(H,21,26). The predicted molar refractivity (Wildman–Crippen MR) is 98.2 cm³/mol. The zero-order chi connectivity index (χ0) is 18.3. The SMILES string of the molecule is CC(C)c1nnc2ccc(NC(=O)Cc3ccc4c(c3)NC(=O)C4)cn12. The van der Waals surface area contributed by atoms with Gasteiger partial charge < -0.3 is 10.6 Å². The van der Waals surface area contributed by atoms with Gasteiger partial charge in [0.25, 0.3) is 0 Å². The van der Waals surface area contributed by atoms with Crippen molar-refractivity contribution in [2.24, 2.45) is 0 Å². The first-order valence-electron chi connectivity index (χ1n) is 8.56. The minimum atomic E-state index is -0.118. The maximum atomic E-state index is 12.4. The van der Waals surface area contributed by atoms with Gasteiger partial charge in [-0.05, 0) is 29.3 Å². The molecule has 0 atom stereocenters. The summed E-state index contributed by atoms with van der Waals surface area (Å²) in [6, 6.07) is 9.29. The summed E-state index contributed by atoms with van der Waals surface area (Å²) in [4.78, 5) is 23.8. The van der Waals surface area contributed by atoms with Crippen molar-refractivity contribution < 1.29 is 9.59 Å². The van der Waals surface area contributed by atoms with Crippen LogP contribution in [0.15, 0.2) is 36.5 Å². The summed E-state index contributed by atoms with van der Waals surface area (Å²) in [6.07, 6.45) is 2.48. The molecule has 0 spiro atoms. The van der Waals surface area contributed by atoms with E-state index in [2.05, 4.69) is 20.8 Å². The number of amides is 2. The first-order valence-corrected chi connectivity index (χ1v) is 8.56. The molecule has 26 heavy (non-hydrogen) atoms. The van der Waals surface area contributed by atoms with Crippen LogP contribution in [0.25, 0.3) is 5.65 Å². The largest absolute Gasteiger partial charge is 0.326 e. The Hall–Kier alpha value is -3.22. The van der Waals surface area contributed by atoms with Crippen LogP contribution < -0.4 is 10.6 Å². The van der Waals surface area contributed by atoms with E-state index in [9.17, 15) is 9.59 Å². The number of carbonyl (C=O) groups is 2. The van der Waals surface area contributed by atoms with Gasteiger partial charge in [-0.15, -0.1) is 10.2 Å². The van der Waals surface area contributed by atoms with Crippen molar-refractivity contribution in [3.63, 3.8) is 0 Å². The molecule has 2 amide bonds. The van der Waals surface area contributed by atoms with Crippen molar-refractivity contribution >= 4 is 28.8 Å². The van der Waals surface area contributed by atoms with Gasteiger partial charge in [0.1, 0.15) is 5.82 Å². The predicted octanol–water partition coefficient (Wildman–Crippen LogP) is 2.53. The molecule has 2 N–H and O–H groups in total. The molecule has 132 valence electrons. The smallest absolute Gasteiger partial charge is 0.228 e. The first kappa shape index (κ1) is 16.3. The fourth-order valence-corrected chi connectivity index (χ4v) is 3.14. The molecule has 0 aliphatic carbocycles. The van der Waals surface area contributed by atoms with Gasteiger partial charge in [0, 0.05) is 17.8 Å². The number of aromatic nitrogens is 3. The third-order valence-corrected chi connectivity index (χ3v) is 4.39. The van der Waals surface area contributed by atoms with Crippen molar-refractivity contribution in [3.8, 4) is 0 Å². The Balaban J connectivity index is 1.50. The number of pyridine rings is 1. The fourth-order valence-electron chi connectivity index (χ4n) is 3.14. The van der Waals surface area contributed by atoms with Gasteiger partial charge in [0.05, 0.1) is 18.5 Å². The molecule has 0 saturated carbocycles. The summed E-state index contributed by atoms with van der Waals surface area (Å²) in [6.45, 7) is 4.10. The van der Waals surface area contributed by atoms with E-state index in [1.165, 1.54) is 0 Å².